The van der Waals surface area contributed by atoms with Gasteiger partial charge in [-0.1, -0.05) is 70.5 Å². The zero-order valence-corrected chi connectivity index (χ0v) is 39.7. The molecule has 5 aromatic rings. The van der Waals surface area contributed by atoms with E-state index in [4.69, 9.17) is 31.5 Å². The SMILES string of the molecule is CC.CC(C)C1C(=O)NCCc2ccc(OCc3ccc(CNC(=O)CCCCCNC(=S)Nc4ccc5c(c4)C(=O)OC54c5ccc(O)cc5Oc5cc(O)ccc54)cc3)cc2N1C.CO. The molecular formula is C52H61N5O9S. The second-order valence-corrected chi connectivity index (χ2v) is 16.9. The fourth-order valence-electron chi connectivity index (χ4n) is 8.63. The Morgan fingerprint density at radius 3 is 2.18 bits per heavy atom. The molecule has 3 aliphatic heterocycles. The fourth-order valence-corrected chi connectivity index (χ4v) is 8.85. The maximum Gasteiger partial charge on any atom is 0.340 e. The Hall–Kier alpha value is -6.84. The maximum atomic E-state index is 13.4. The summed E-state index contributed by atoms with van der Waals surface area (Å²) in [6.07, 6.45) is 3.56. The highest BCUT2D eigenvalue weighted by Crippen LogP contribution is 2.57. The van der Waals surface area contributed by atoms with Gasteiger partial charge in [0, 0.05) is 86.5 Å². The Balaban J connectivity index is 0.00000180. The summed E-state index contributed by atoms with van der Waals surface area (Å²) in [6.45, 7) is 10.2. The lowest BCUT2D eigenvalue weighted by Gasteiger charge is -2.36. The van der Waals surface area contributed by atoms with Crippen molar-refractivity contribution in [3.63, 3.8) is 0 Å². The number of phenols is 2. The van der Waals surface area contributed by atoms with Crippen molar-refractivity contribution in [2.75, 3.05) is 37.5 Å². The lowest BCUT2D eigenvalue weighted by Crippen LogP contribution is -2.50. The molecule has 3 aliphatic rings. The molecule has 1 spiro atoms. The number of benzene rings is 5. The number of aromatic hydroxyl groups is 2. The number of unbranched alkanes of at least 4 members (excludes halogenated alkanes) is 2. The summed E-state index contributed by atoms with van der Waals surface area (Å²) in [5, 5.41) is 40.2. The number of esters is 1. The molecule has 3 heterocycles. The van der Waals surface area contributed by atoms with Crippen LogP contribution in [0.4, 0.5) is 11.4 Å². The number of carbonyl (C=O) groups excluding carboxylic acids is 3. The molecule has 2 amide bonds. The minimum absolute atomic E-state index is 0.00503. The van der Waals surface area contributed by atoms with Crippen molar-refractivity contribution in [3.8, 4) is 28.7 Å². The van der Waals surface area contributed by atoms with E-state index in [9.17, 15) is 24.6 Å². The van der Waals surface area contributed by atoms with E-state index in [1.54, 1.807) is 18.2 Å². The number of nitrogens with one attached hydrogen (secondary N) is 4. The number of phenolic OH excluding ortho intramolecular Hbond substituents is 2. The first-order valence-corrected chi connectivity index (χ1v) is 23.1. The monoisotopic (exact) mass is 931 g/mol. The lowest BCUT2D eigenvalue weighted by atomic mass is 9.77. The van der Waals surface area contributed by atoms with Gasteiger partial charge < -0.3 is 55.7 Å². The molecule has 67 heavy (non-hydrogen) atoms. The number of anilines is 2. The van der Waals surface area contributed by atoms with Crippen LogP contribution >= 0.6 is 12.2 Å². The highest BCUT2D eigenvalue weighted by atomic mass is 32.1. The number of rotatable bonds is 13. The highest BCUT2D eigenvalue weighted by molar-refractivity contribution is 7.80. The van der Waals surface area contributed by atoms with Crippen LogP contribution in [-0.4, -0.2) is 71.5 Å². The van der Waals surface area contributed by atoms with Crippen LogP contribution in [0.25, 0.3) is 0 Å². The molecule has 0 saturated carbocycles. The summed E-state index contributed by atoms with van der Waals surface area (Å²) in [5.74, 6) is 1.01. The van der Waals surface area contributed by atoms with E-state index < -0.39 is 11.6 Å². The van der Waals surface area contributed by atoms with Crippen LogP contribution < -0.4 is 35.6 Å². The standard InChI is InChI=1S/C49H51N5O8S.C2H6.CH4O/c1-29(2)45-46(58)50-22-20-32-12-16-36(26-41(32)54(45)3)60-28-31-10-8-30(9-11-31)27-52-44(57)7-5-4-6-21-51-48(63)53-33-13-17-38-37(23-33)47(59)62-49(38)39-18-14-34(55)24-42(39)61-43-25-35(56)15-19-40(43)49;2*1-2/h8-19,23-26,29,45,55-56H,4-7,20-22,27-28H2,1-3H3,(H,50,58)(H,52,57)(H2,51,53,63);1-2H3;2H,1H3. The van der Waals surface area contributed by atoms with Gasteiger partial charge in [-0.05, 0) is 96.6 Å². The smallest absolute Gasteiger partial charge is 0.340 e. The number of hydrogen-bond acceptors (Lipinski definition) is 11. The second kappa shape index (κ2) is 22.6. The predicted octanol–water partition coefficient (Wildman–Crippen LogP) is 8.18. The number of carbonyl (C=O) groups is 3. The molecule has 1 unspecified atom stereocenters. The molecule has 0 radical (unpaired) electrons. The third-order valence-electron chi connectivity index (χ3n) is 11.8. The van der Waals surface area contributed by atoms with Gasteiger partial charge >= 0.3 is 5.97 Å². The van der Waals surface area contributed by atoms with E-state index in [0.717, 1.165) is 55.4 Å². The molecule has 0 aliphatic carbocycles. The molecule has 0 fully saturated rings. The number of aliphatic hydroxyl groups excluding tert-OH is 1. The number of nitrogens with zero attached hydrogens (tertiary/aromatic N) is 1. The first-order chi connectivity index (χ1) is 32.4. The number of ether oxygens (including phenoxy) is 3. The molecule has 0 saturated heterocycles. The third kappa shape index (κ3) is 11.2. The van der Waals surface area contributed by atoms with Crippen LogP contribution in [0, 0.1) is 5.92 Å². The zero-order chi connectivity index (χ0) is 48.3. The van der Waals surface area contributed by atoms with E-state index in [0.29, 0.717) is 77.2 Å². The first kappa shape index (κ1) is 49.6. The number of thiocarbonyl (C=S) groups is 1. The Bertz CT molecular complexity index is 2510. The summed E-state index contributed by atoms with van der Waals surface area (Å²) in [6, 6.07) is 28.4. The molecule has 14 nitrogen and oxygen atoms in total. The molecule has 7 N–H and O–H groups in total. The van der Waals surface area contributed by atoms with Gasteiger partial charge in [-0.15, -0.1) is 0 Å². The van der Waals surface area contributed by atoms with Crippen LogP contribution in [-0.2, 0) is 39.5 Å². The Labute approximate surface area is 397 Å². The molecule has 354 valence electrons. The van der Waals surface area contributed by atoms with Crippen LogP contribution in [0.1, 0.15) is 97.1 Å². The van der Waals surface area contributed by atoms with Crippen LogP contribution in [0.5, 0.6) is 28.7 Å². The molecule has 0 aromatic heterocycles. The van der Waals surface area contributed by atoms with Gasteiger partial charge in [-0.25, -0.2) is 4.79 Å². The van der Waals surface area contributed by atoms with Crippen LogP contribution in [0.15, 0.2) is 97.1 Å². The molecule has 0 bridgehead atoms. The summed E-state index contributed by atoms with van der Waals surface area (Å²) in [5.41, 5.74) is 5.52. The van der Waals surface area contributed by atoms with Crippen molar-refractivity contribution in [3.05, 3.63) is 136 Å². The summed E-state index contributed by atoms with van der Waals surface area (Å²) in [4.78, 5) is 40.9. The summed E-state index contributed by atoms with van der Waals surface area (Å²) in [7, 11) is 2.97. The Morgan fingerprint density at radius 1 is 0.851 bits per heavy atom. The third-order valence-corrected chi connectivity index (χ3v) is 12.0. The first-order valence-electron chi connectivity index (χ1n) is 22.7. The van der Waals surface area contributed by atoms with Crippen molar-refractivity contribution in [1.29, 1.82) is 0 Å². The average Bonchev–Trinajstić information content (AvgIpc) is 3.60. The van der Waals surface area contributed by atoms with Crippen molar-refractivity contribution in [2.45, 2.75) is 84.6 Å². The summed E-state index contributed by atoms with van der Waals surface area (Å²) < 4.78 is 18.3. The minimum atomic E-state index is -1.34. The van der Waals surface area contributed by atoms with Gasteiger partial charge in [0.1, 0.15) is 41.4 Å². The maximum absolute atomic E-state index is 13.4. The molecule has 5 aromatic carbocycles. The number of hydrogen-bond donors (Lipinski definition) is 7. The number of likely N-dealkylation sites (N-methyl/N-ethyl adjacent to an activating group) is 1. The van der Waals surface area contributed by atoms with Crippen molar-refractivity contribution < 1.29 is 43.9 Å². The van der Waals surface area contributed by atoms with Gasteiger partial charge in [0.2, 0.25) is 11.8 Å². The molecule has 1 atom stereocenters. The largest absolute Gasteiger partial charge is 0.508 e. The Morgan fingerprint density at radius 2 is 1.51 bits per heavy atom. The van der Waals surface area contributed by atoms with E-state index in [1.807, 2.05) is 69.4 Å². The molecule has 15 heteroatoms. The number of amides is 2. The summed E-state index contributed by atoms with van der Waals surface area (Å²) >= 11 is 5.55. The topological polar surface area (TPSA) is 191 Å². The second-order valence-electron chi connectivity index (χ2n) is 16.5. The van der Waals surface area contributed by atoms with Crippen molar-refractivity contribution >= 4 is 46.5 Å². The van der Waals surface area contributed by atoms with Gasteiger partial charge in [0.15, 0.2) is 10.7 Å². The molecule has 8 rings (SSSR count). The quantitative estimate of drug-likeness (QED) is 0.0340. The predicted molar refractivity (Wildman–Crippen MR) is 263 cm³/mol. The minimum Gasteiger partial charge on any atom is -0.508 e. The van der Waals surface area contributed by atoms with Gasteiger partial charge in [-0.3, -0.25) is 9.59 Å². The lowest BCUT2D eigenvalue weighted by molar-refractivity contribution is -0.123. The Kier molecular flexibility index (Phi) is 16.7. The van der Waals surface area contributed by atoms with E-state index in [-0.39, 0.29) is 35.3 Å². The van der Waals surface area contributed by atoms with E-state index in [2.05, 4.69) is 46.1 Å². The number of aliphatic hydroxyl groups is 1. The van der Waals surface area contributed by atoms with Crippen molar-refractivity contribution in [2.24, 2.45) is 5.92 Å². The van der Waals surface area contributed by atoms with Gasteiger partial charge in [-0.2, -0.15) is 0 Å². The zero-order valence-electron chi connectivity index (χ0n) is 38.9. The van der Waals surface area contributed by atoms with Crippen molar-refractivity contribution in [1.82, 2.24) is 16.0 Å². The average molecular weight is 932 g/mol. The normalized spacial score (nSPS) is 14.9. The fraction of sp³-hybridized carbons (Fsp3) is 0.346. The number of fused-ring (bicyclic) bond motifs is 7. The van der Waals surface area contributed by atoms with E-state index >= 15 is 0 Å². The van der Waals surface area contributed by atoms with Crippen LogP contribution in [0.3, 0.4) is 0 Å². The highest BCUT2D eigenvalue weighted by Gasteiger charge is 2.53. The van der Waals surface area contributed by atoms with Gasteiger partial charge in [0.25, 0.3) is 0 Å². The molecular weight excluding hydrogens is 871 g/mol. The van der Waals surface area contributed by atoms with Gasteiger partial charge in [0.05, 0.1) is 5.56 Å². The van der Waals surface area contributed by atoms with Crippen LogP contribution in [0.2, 0.25) is 0 Å². The van der Waals surface area contributed by atoms with E-state index in [1.165, 1.54) is 29.8 Å².